The lowest BCUT2D eigenvalue weighted by Gasteiger charge is -2.30. The van der Waals surface area contributed by atoms with Crippen molar-refractivity contribution in [3.8, 4) is 0 Å². The molecule has 1 N–H and O–H groups in total. The lowest BCUT2D eigenvalue weighted by molar-refractivity contribution is 0.0783. The van der Waals surface area contributed by atoms with Crippen LogP contribution >= 0.6 is 11.6 Å². The minimum atomic E-state index is -1.06. The van der Waals surface area contributed by atoms with Gasteiger partial charge in [-0.3, -0.25) is 0 Å². The number of hydrogen-bond acceptors (Lipinski definition) is 7. The third-order valence-corrected chi connectivity index (χ3v) is 3.94. The third-order valence-electron chi connectivity index (χ3n) is 3.65. The van der Waals surface area contributed by atoms with Gasteiger partial charge in [0.2, 0.25) is 0 Å². The summed E-state index contributed by atoms with van der Waals surface area (Å²) >= 11 is 5.88. The van der Waals surface area contributed by atoms with Crippen LogP contribution in [0.3, 0.4) is 0 Å². The van der Waals surface area contributed by atoms with Crippen LogP contribution in [0, 0.1) is 5.82 Å². The molecule has 26 heavy (non-hydrogen) atoms. The predicted molar refractivity (Wildman–Crippen MR) is 89.7 cm³/mol. The van der Waals surface area contributed by atoms with E-state index in [-0.39, 0.29) is 22.1 Å². The molecule has 0 saturated carbocycles. The molecule has 0 atom stereocenters. The molecule has 1 aliphatic heterocycles. The number of methoxy groups -OCH3 is 2. The minimum Gasteiger partial charge on any atom is -0.437 e. The minimum absolute atomic E-state index is 0.00233. The van der Waals surface area contributed by atoms with E-state index in [0.29, 0.717) is 11.4 Å². The van der Waals surface area contributed by atoms with Gasteiger partial charge in [-0.25, -0.2) is 14.0 Å². The number of ether oxygens (including phenoxy) is 4. The van der Waals surface area contributed by atoms with E-state index in [4.69, 9.17) is 21.1 Å². The molecule has 140 valence electrons. The van der Waals surface area contributed by atoms with E-state index in [2.05, 4.69) is 14.8 Å². The average molecular weight is 386 g/mol. The van der Waals surface area contributed by atoms with E-state index in [1.165, 1.54) is 18.2 Å². The van der Waals surface area contributed by atoms with Crippen molar-refractivity contribution in [1.29, 1.82) is 0 Å². The highest BCUT2D eigenvalue weighted by Gasteiger charge is 2.37. The standard InChI is InChI=1S/C17H17ClFNO6/c1-8-14(25-16(21)23-3)12(10-6-5-7-11(18)13(10)19)15(9(2)20-8)26-17(22)24-4/h5-7,12,20H,1-4H3. The number of dihydropyridines is 1. The van der Waals surface area contributed by atoms with Crippen LogP contribution in [0.4, 0.5) is 14.0 Å². The molecule has 0 radical (unpaired) electrons. The molecule has 0 aliphatic carbocycles. The summed E-state index contributed by atoms with van der Waals surface area (Å²) in [6, 6.07) is 4.34. The number of rotatable bonds is 3. The van der Waals surface area contributed by atoms with Crippen LogP contribution in [-0.4, -0.2) is 26.5 Å². The van der Waals surface area contributed by atoms with Gasteiger partial charge in [-0.2, -0.15) is 0 Å². The van der Waals surface area contributed by atoms with E-state index in [0.717, 1.165) is 14.2 Å². The maximum atomic E-state index is 14.7. The maximum absolute atomic E-state index is 14.7. The molecule has 0 fully saturated rings. The third kappa shape index (κ3) is 3.91. The van der Waals surface area contributed by atoms with E-state index in [9.17, 15) is 14.0 Å². The van der Waals surface area contributed by atoms with Gasteiger partial charge < -0.3 is 24.3 Å². The van der Waals surface area contributed by atoms with E-state index in [1.54, 1.807) is 13.8 Å². The fraction of sp³-hybridized carbons (Fsp3) is 0.294. The molecule has 7 nitrogen and oxygen atoms in total. The average Bonchev–Trinajstić information content (AvgIpc) is 2.61. The summed E-state index contributed by atoms with van der Waals surface area (Å²) in [6.07, 6.45) is -2.02. The molecule has 0 spiro atoms. The molecule has 1 aromatic rings. The molecule has 1 aliphatic rings. The Labute approximate surface area is 154 Å². The van der Waals surface area contributed by atoms with Gasteiger partial charge >= 0.3 is 12.3 Å². The first-order chi connectivity index (χ1) is 12.3. The molecule has 0 saturated heterocycles. The quantitative estimate of drug-likeness (QED) is 0.781. The highest BCUT2D eigenvalue weighted by Crippen LogP contribution is 2.41. The van der Waals surface area contributed by atoms with Crippen molar-refractivity contribution in [3.05, 3.63) is 57.5 Å². The monoisotopic (exact) mass is 385 g/mol. The zero-order chi connectivity index (χ0) is 19.4. The van der Waals surface area contributed by atoms with E-state index >= 15 is 0 Å². The van der Waals surface area contributed by atoms with Crippen LogP contribution in [0.5, 0.6) is 0 Å². The van der Waals surface area contributed by atoms with Crippen molar-refractivity contribution in [2.45, 2.75) is 19.8 Å². The Bertz CT molecular complexity index is 764. The van der Waals surface area contributed by atoms with Crippen LogP contribution in [0.25, 0.3) is 0 Å². The van der Waals surface area contributed by atoms with E-state index < -0.39 is 24.0 Å². The number of hydrogen-bond donors (Lipinski definition) is 1. The normalized spacial score (nSPS) is 14.7. The zero-order valence-corrected chi connectivity index (χ0v) is 15.3. The Kier molecular flexibility index (Phi) is 6.10. The number of benzene rings is 1. The number of nitrogens with one attached hydrogen (secondary N) is 1. The van der Waals surface area contributed by atoms with Gasteiger partial charge in [-0.05, 0) is 19.9 Å². The number of carbonyl (C=O) groups is 2. The second-order valence-electron chi connectivity index (χ2n) is 5.29. The molecular formula is C17H17ClFNO6. The zero-order valence-electron chi connectivity index (χ0n) is 14.5. The van der Waals surface area contributed by atoms with Crippen molar-refractivity contribution < 1.29 is 32.9 Å². The second kappa shape index (κ2) is 8.09. The van der Waals surface area contributed by atoms with Crippen LogP contribution < -0.4 is 5.32 Å². The second-order valence-corrected chi connectivity index (χ2v) is 5.70. The highest BCUT2D eigenvalue weighted by molar-refractivity contribution is 6.30. The van der Waals surface area contributed by atoms with Crippen molar-refractivity contribution in [1.82, 2.24) is 5.32 Å². The van der Waals surface area contributed by atoms with E-state index in [1.807, 2.05) is 0 Å². The van der Waals surface area contributed by atoms with Gasteiger partial charge in [0.1, 0.15) is 23.3 Å². The summed E-state index contributed by atoms with van der Waals surface area (Å²) in [6.45, 7) is 3.23. The Hall–Kier alpha value is -2.74. The summed E-state index contributed by atoms with van der Waals surface area (Å²) in [5.74, 6) is -1.79. The molecular weight excluding hydrogens is 369 g/mol. The highest BCUT2D eigenvalue weighted by atomic mass is 35.5. The van der Waals surface area contributed by atoms with Crippen molar-refractivity contribution in [3.63, 3.8) is 0 Å². The van der Waals surface area contributed by atoms with Gasteiger partial charge in [0.05, 0.1) is 30.6 Å². The van der Waals surface area contributed by atoms with Gasteiger partial charge in [0.25, 0.3) is 0 Å². The van der Waals surface area contributed by atoms with Gasteiger partial charge in [-0.15, -0.1) is 0 Å². The first-order valence-corrected chi connectivity index (χ1v) is 7.82. The predicted octanol–water partition coefficient (Wildman–Crippen LogP) is 4.19. The van der Waals surface area contributed by atoms with Crippen LogP contribution in [-0.2, 0) is 18.9 Å². The Morgan fingerprint density at radius 2 is 1.54 bits per heavy atom. The summed E-state index contributed by atoms with van der Waals surface area (Å²) < 4.78 is 34.1. The fourth-order valence-corrected chi connectivity index (χ4v) is 2.70. The Morgan fingerprint density at radius 1 is 1.04 bits per heavy atom. The van der Waals surface area contributed by atoms with Crippen molar-refractivity contribution in [2.75, 3.05) is 14.2 Å². The molecule has 0 aromatic heterocycles. The molecule has 0 bridgehead atoms. The maximum Gasteiger partial charge on any atom is 0.513 e. The number of halogens is 2. The number of allylic oxidation sites excluding steroid dienone is 2. The van der Waals surface area contributed by atoms with Crippen LogP contribution in [0.1, 0.15) is 25.3 Å². The van der Waals surface area contributed by atoms with Crippen molar-refractivity contribution >= 4 is 23.9 Å². The number of carbonyl (C=O) groups excluding carboxylic acids is 2. The smallest absolute Gasteiger partial charge is 0.437 e. The Balaban J connectivity index is 2.63. The molecule has 1 heterocycles. The van der Waals surface area contributed by atoms with Crippen LogP contribution in [0.15, 0.2) is 41.1 Å². The molecule has 1 aromatic carbocycles. The molecule has 0 unspecified atom stereocenters. The lowest BCUT2D eigenvalue weighted by atomic mass is 9.90. The summed E-state index contributed by atoms with van der Waals surface area (Å²) in [5.41, 5.74) is 0.875. The first-order valence-electron chi connectivity index (χ1n) is 7.44. The summed E-state index contributed by atoms with van der Waals surface area (Å²) in [5, 5.41) is 2.78. The molecule has 0 amide bonds. The Morgan fingerprint density at radius 3 is 2.00 bits per heavy atom. The van der Waals surface area contributed by atoms with Crippen molar-refractivity contribution in [2.24, 2.45) is 0 Å². The summed E-state index contributed by atoms with van der Waals surface area (Å²) in [4.78, 5) is 23.3. The van der Waals surface area contributed by atoms with Crippen LogP contribution in [0.2, 0.25) is 5.02 Å². The lowest BCUT2D eigenvalue weighted by Crippen LogP contribution is -2.29. The topological polar surface area (TPSA) is 83.1 Å². The molecule has 9 heteroatoms. The largest absolute Gasteiger partial charge is 0.513 e. The summed E-state index contributed by atoms with van der Waals surface area (Å²) in [7, 11) is 2.27. The van der Waals surface area contributed by atoms with Gasteiger partial charge in [0.15, 0.2) is 0 Å². The fourth-order valence-electron chi connectivity index (χ4n) is 2.52. The first kappa shape index (κ1) is 19.6. The molecule has 2 rings (SSSR count). The van der Waals surface area contributed by atoms with Gasteiger partial charge in [0, 0.05) is 5.56 Å². The SMILES string of the molecule is COC(=O)OC1=C(C)NC(C)=C(OC(=O)OC)C1c1cccc(Cl)c1F. The van der Waals surface area contributed by atoms with Gasteiger partial charge in [-0.1, -0.05) is 23.7 Å².